The molecule has 2 heterocycles. The molecule has 0 amide bonds. The highest BCUT2D eigenvalue weighted by atomic mass is 19.1. The Hall–Kier alpha value is -3.30. The number of nitrogens with zero attached hydrogens (tertiary/aromatic N) is 3. The number of rotatable bonds is 7. The molecule has 0 radical (unpaired) electrons. The third-order valence-electron chi connectivity index (χ3n) is 4.50. The van der Waals surface area contributed by atoms with Gasteiger partial charge in [0.1, 0.15) is 24.1 Å². The van der Waals surface area contributed by atoms with Gasteiger partial charge in [0.05, 0.1) is 5.56 Å². The van der Waals surface area contributed by atoms with Gasteiger partial charge in [-0.05, 0) is 25.5 Å². The molecule has 0 atom stereocenters. The summed E-state index contributed by atoms with van der Waals surface area (Å²) in [6.45, 7) is 4.11. The zero-order valence-corrected chi connectivity index (χ0v) is 16.0. The Morgan fingerprint density at radius 2 is 1.97 bits per heavy atom. The van der Waals surface area contributed by atoms with Gasteiger partial charge < -0.3 is 9.30 Å². The van der Waals surface area contributed by atoms with Crippen LogP contribution in [-0.4, -0.2) is 25.1 Å². The monoisotopic (exact) mass is 406 g/mol. The Morgan fingerprint density at radius 1 is 1.21 bits per heavy atom. The lowest BCUT2D eigenvalue weighted by Gasteiger charge is -2.08. The number of ether oxygens (including phenoxy) is 1. The van der Waals surface area contributed by atoms with E-state index in [0.717, 1.165) is 18.6 Å². The number of esters is 1. The largest absolute Gasteiger partial charge is 0.454 e. The zero-order valence-electron chi connectivity index (χ0n) is 16.0. The predicted octanol–water partition coefficient (Wildman–Crippen LogP) is 2.34. The number of aromatic nitrogens is 4. The van der Waals surface area contributed by atoms with E-state index < -0.39 is 34.4 Å². The number of carbonyl (C=O) groups is 1. The van der Waals surface area contributed by atoms with Gasteiger partial charge in [-0.1, -0.05) is 13.3 Å². The fraction of sp³-hybridized carbons (Fsp3) is 0.368. The number of H-pyrrole nitrogens is 1. The fourth-order valence-electron chi connectivity index (χ4n) is 3.05. The Morgan fingerprint density at radius 3 is 2.62 bits per heavy atom. The molecule has 154 valence electrons. The summed E-state index contributed by atoms with van der Waals surface area (Å²) in [7, 11) is 0. The number of hydrogen-bond donors (Lipinski definition) is 1. The number of benzene rings is 1. The number of aryl methyl sites for hydroxylation is 2. The molecule has 2 aromatic heterocycles. The van der Waals surface area contributed by atoms with Crippen LogP contribution in [-0.2, 0) is 24.4 Å². The summed E-state index contributed by atoms with van der Waals surface area (Å²) in [6, 6.07) is 2.53. The number of aromatic amines is 1. The van der Waals surface area contributed by atoms with Crippen molar-refractivity contribution in [3.05, 3.63) is 62.1 Å². The van der Waals surface area contributed by atoms with Crippen LogP contribution < -0.4 is 11.2 Å². The summed E-state index contributed by atoms with van der Waals surface area (Å²) >= 11 is 0. The lowest BCUT2D eigenvalue weighted by Crippen LogP contribution is -2.31. The van der Waals surface area contributed by atoms with Crippen LogP contribution in [0.25, 0.3) is 11.2 Å². The second-order valence-corrected chi connectivity index (χ2v) is 6.41. The molecule has 29 heavy (non-hydrogen) atoms. The van der Waals surface area contributed by atoms with E-state index in [9.17, 15) is 23.2 Å². The van der Waals surface area contributed by atoms with Crippen molar-refractivity contribution in [1.29, 1.82) is 0 Å². The number of carbonyl (C=O) groups excluding carboxylic acids is 1. The first-order chi connectivity index (χ1) is 13.9. The molecule has 10 heteroatoms. The van der Waals surface area contributed by atoms with Crippen molar-refractivity contribution in [3.8, 4) is 0 Å². The Balaban J connectivity index is 1.97. The average molecular weight is 406 g/mol. The lowest BCUT2D eigenvalue weighted by molar-refractivity contribution is 0.0453. The van der Waals surface area contributed by atoms with Crippen molar-refractivity contribution in [1.82, 2.24) is 19.1 Å². The van der Waals surface area contributed by atoms with Crippen molar-refractivity contribution in [2.75, 3.05) is 0 Å². The van der Waals surface area contributed by atoms with Gasteiger partial charge in [0.2, 0.25) is 0 Å². The number of unbranched alkanes of at least 4 members (excludes halogenated alkanes) is 1. The highest BCUT2D eigenvalue weighted by Gasteiger charge is 2.20. The number of halogens is 2. The number of nitrogens with one attached hydrogen (secondary N) is 1. The van der Waals surface area contributed by atoms with E-state index in [1.54, 1.807) is 6.92 Å². The molecule has 0 fully saturated rings. The van der Waals surface area contributed by atoms with E-state index in [4.69, 9.17) is 4.74 Å². The minimum Gasteiger partial charge on any atom is -0.454 e. The molecule has 8 nitrogen and oxygen atoms in total. The smallest absolute Gasteiger partial charge is 0.341 e. The van der Waals surface area contributed by atoms with Crippen molar-refractivity contribution in [2.24, 2.45) is 0 Å². The molecule has 3 aromatic rings. The van der Waals surface area contributed by atoms with Gasteiger partial charge in [0.25, 0.3) is 5.56 Å². The predicted molar refractivity (Wildman–Crippen MR) is 101 cm³/mol. The maximum absolute atomic E-state index is 13.8. The molecule has 0 aliphatic heterocycles. The molecule has 3 rings (SSSR count). The summed E-state index contributed by atoms with van der Waals surface area (Å²) in [5, 5.41) is 0. The molecule has 0 saturated carbocycles. The minimum atomic E-state index is -1.04. The standard InChI is InChI=1S/C19H20F2N4O4/c1-3-5-8-25-16-15(17(26)23-19(25)28)24(4-2)14(22-16)10-29-18(27)12-7-6-11(20)9-13(12)21/h6-7,9H,3-5,8,10H2,1-2H3,(H,23,26,28). The first-order valence-corrected chi connectivity index (χ1v) is 9.21. The summed E-state index contributed by atoms with van der Waals surface area (Å²) in [6.07, 6.45) is 1.56. The lowest BCUT2D eigenvalue weighted by atomic mass is 10.2. The van der Waals surface area contributed by atoms with Gasteiger partial charge in [0.15, 0.2) is 11.2 Å². The molecular weight excluding hydrogens is 386 g/mol. The van der Waals surface area contributed by atoms with Crippen LogP contribution in [0.5, 0.6) is 0 Å². The van der Waals surface area contributed by atoms with Gasteiger partial charge in [0, 0.05) is 19.2 Å². The first kappa shape index (κ1) is 20.4. The van der Waals surface area contributed by atoms with E-state index >= 15 is 0 Å². The van der Waals surface area contributed by atoms with E-state index in [2.05, 4.69) is 9.97 Å². The SMILES string of the molecule is CCCCn1c(=O)[nH]c(=O)c2c1nc(COC(=O)c1ccc(F)cc1F)n2CC. The molecular formula is C19H20F2N4O4. The molecule has 1 aromatic carbocycles. The van der Waals surface area contributed by atoms with Crippen LogP contribution in [0.3, 0.4) is 0 Å². The van der Waals surface area contributed by atoms with Gasteiger partial charge >= 0.3 is 11.7 Å². The van der Waals surface area contributed by atoms with Crippen LogP contribution in [0.15, 0.2) is 27.8 Å². The summed E-state index contributed by atoms with van der Waals surface area (Å²) in [5.74, 6) is -2.60. The Kier molecular flexibility index (Phi) is 5.90. The van der Waals surface area contributed by atoms with Crippen molar-refractivity contribution < 1.29 is 18.3 Å². The fourth-order valence-corrected chi connectivity index (χ4v) is 3.05. The van der Waals surface area contributed by atoms with Crippen molar-refractivity contribution >= 4 is 17.1 Å². The minimum absolute atomic E-state index is 0.196. The highest BCUT2D eigenvalue weighted by Crippen LogP contribution is 2.15. The maximum atomic E-state index is 13.8. The zero-order chi connectivity index (χ0) is 21.1. The molecule has 1 N–H and O–H groups in total. The van der Waals surface area contributed by atoms with Crippen LogP contribution >= 0.6 is 0 Å². The highest BCUT2D eigenvalue weighted by molar-refractivity contribution is 5.89. The van der Waals surface area contributed by atoms with E-state index in [-0.39, 0.29) is 23.6 Å². The summed E-state index contributed by atoms with van der Waals surface area (Å²) < 4.78 is 34.8. The molecule has 0 spiro atoms. The van der Waals surface area contributed by atoms with Crippen molar-refractivity contribution in [3.63, 3.8) is 0 Å². The van der Waals surface area contributed by atoms with E-state index in [1.807, 2.05) is 6.92 Å². The molecule has 0 aliphatic rings. The van der Waals surface area contributed by atoms with Crippen LogP contribution in [0.1, 0.15) is 42.9 Å². The first-order valence-electron chi connectivity index (χ1n) is 9.21. The molecule has 0 unspecified atom stereocenters. The van der Waals surface area contributed by atoms with Gasteiger partial charge in [-0.15, -0.1) is 0 Å². The second-order valence-electron chi connectivity index (χ2n) is 6.41. The molecule has 0 bridgehead atoms. The summed E-state index contributed by atoms with van der Waals surface area (Å²) in [4.78, 5) is 43.3. The third kappa shape index (κ3) is 3.96. The number of fused-ring (bicyclic) bond motifs is 1. The Labute approximate surface area is 163 Å². The van der Waals surface area contributed by atoms with Crippen LogP contribution in [0.2, 0.25) is 0 Å². The van der Waals surface area contributed by atoms with Gasteiger partial charge in [-0.2, -0.15) is 0 Å². The third-order valence-corrected chi connectivity index (χ3v) is 4.50. The van der Waals surface area contributed by atoms with Crippen molar-refractivity contribution in [2.45, 2.75) is 46.4 Å². The normalized spacial score (nSPS) is 11.2. The van der Waals surface area contributed by atoms with Crippen LogP contribution in [0, 0.1) is 11.6 Å². The molecule has 0 saturated heterocycles. The van der Waals surface area contributed by atoms with Gasteiger partial charge in [-0.3, -0.25) is 14.3 Å². The topological polar surface area (TPSA) is 99.0 Å². The average Bonchev–Trinajstić information content (AvgIpc) is 3.04. The van der Waals surface area contributed by atoms with E-state index in [1.165, 1.54) is 9.13 Å². The maximum Gasteiger partial charge on any atom is 0.341 e. The number of imidazole rings is 1. The Bertz CT molecular complexity index is 1180. The van der Waals surface area contributed by atoms with Crippen LogP contribution in [0.4, 0.5) is 8.78 Å². The number of hydrogen-bond acceptors (Lipinski definition) is 5. The quantitative estimate of drug-likeness (QED) is 0.607. The molecule has 0 aliphatic carbocycles. The van der Waals surface area contributed by atoms with E-state index in [0.29, 0.717) is 25.6 Å². The summed E-state index contributed by atoms with van der Waals surface area (Å²) in [5.41, 5.74) is -1.17. The second kappa shape index (κ2) is 8.38. The van der Waals surface area contributed by atoms with Gasteiger partial charge in [-0.25, -0.2) is 23.4 Å².